The van der Waals surface area contributed by atoms with Gasteiger partial charge in [0.2, 0.25) is 0 Å². The van der Waals surface area contributed by atoms with Gasteiger partial charge in [-0.05, 0) is 46.9 Å². The quantitative estimate of drug-likeness (QED) is 0.650. The molecular weight excluding hydrogens is 356 g/mol. The van der Waals surface area contributed by atoms with Gasteiger partial charge in [-0.15, -0.1) is 0 Å². The van der Waals surface area contributed by atoms with Gasteiger partial charge in [0.25, 0.3) is 0 Å². The number of nitrogens with zero attached hydrogens (tertiary/aromatic N) is 2. The minimum absolute atomic E-state index is 0.196. The molecule has 0 saturated heterocycles. The van der Waals surface area contributed by atoms with Gasteiger partial charge in [-0.25, -0.2) is 13.1 Å². The van der Waals surface area contributed by atoms with Crippen molar-refractivity contribution < 1.29 is 17.6 Å². The standard InChI is InChI=1S/C17H12F4N2OS/c18-14-3-1-2-12(8-14)10-23-16(24)22-15(25-23)9-11-4-6-13(7-5-11)17(19,20)21/h1-8H,9-10H2. The zero-order chi connectivity index (χ0) is 18.0. The van der Waals surface area contributed by atoms with Crippen LogP contribution in [0.5, 0.6) is 0 Å². The third-order valence-corrected chi connectivity index (χ3v) is 4.45. The number of rotatable bonds is 4. The molecule has 0 radical (unpaired) electrons. The van der Waals surface area contributed by atoms with Gasteiger partial charge in [-0.2, -0.15) is 18.2 Å². The topological polar surface area (TPSA) is 34.9 Å². The molecule has 0 amide bonds. The number of hydrogen-bond donors (Lipinski definition) is 0. The first-order chi connectivity index (χ1) is 11.8. The second-order valence-electron chi connectivity index (χ2n) is 5.42. The summed E-state index contributed by atoms with van der Waals surface area (Å²) in [7, 11) is 0. The van der Waals surface area contributed by atoms with E-state index in [1.54, 1.807) is 12.1 Å². The first-order valence-electron chi connectivity index (χ1n) is 7.29. The number of halogens is 4. The van der Waals surface area contributed by atoms with Crippen molar-refractivity contribution in [1.82, 2.24) is 8.94 Å². The van der Waals surface area contributed by atoms with E-state index in [2.05, 4.69) is 4.98 Å². The normalized spacial score (nSPS) is 11.7. The lowest BCUT2D eigenvalue weighted by Gasteiger charge is -2.06. The molecule has 0 aliphatic rings. The van der Waals surface area contributed by atoms with Crippen molar-refractivity contribution in [3.05, 3.63) is 86.5 Å². The van der Waals surface area contributed by atoms with E-state index < -0.39 is 17.4 Å². The fourth-order valence-corrected chi connectivity index (χ4v) is 3.25. The van der Waals surface area contributed by atoms with Crippen LogP contribution >= 0.6 is 11.5 Å². The molecule has 3 nitrogen and oxygen atoms in total. The molecule has 130 valence electrons. The average Bonchev–Trinajstić information content (AvgIpc) is 2.86. The smallest absolute Gasteiger partial charge is 0.245 e. The molecule has 25 heavy (non-hydrogen) atoms. The molecule has 0 unspecified atom stereocenters. The van der Waals surface area contributed by atoms with Crippen molar-refractivity contribution in [2.24, 2.45) is 0 Å². The van der Waals surface area contributed by atoms with Gasteiger partial charge in [0.1, 0.15) is 10.8 Å². The van der Waals surface area contributed by atoms with E-state index in [0.29, 0.717) is 16.1 Å². The summed E-state index contributed by atoms with van der Waals surface area (Å²) in [6.07, 6.45) is -4.12. The van der Waals surface area contributed by atoms with Crippen molar-refractivity contribution >= 4 is 11.5 Å². The van der Waals surface area contributed by atoms with Gasteiger partial charge >= 0.3 is 11.9 Å². The summed E-state index contributed by atoms with van der Waals surface area (Å²) in [6.45, 7) is 0.196. The van der Waals surface area contributed by atoms with Gasteiger partial charge in [0.05, 0.1) is 12.1 Å². The van der Waals surface area contributed by atoms with Crippen molar-refractivity contribution in [2.75, 3.05) is 0 Å². The Hall–Kier alpha value is -2.48. The summed E-state index contributed by atoms with van der Waals surface area (Å²) >= 11 is 1.11. The molecular formula is C17H12F4N2OS. The molecule has 8 heteroatoms. The summed E-state index contributed by atoms with van der Waals surface area (Å²) in [5.74, 6) is -0.389. The van der Waals surface area contributed by atoms with Crippen LogP contribution in [-0.2, 0) is 19.1 Å². The highest BCUT2D eigenvalue weighted by Crippen LogP contribution is 2.29. The van der Waals surface area contributed by atoms with E-state index in [-0.39, 0.29) is 18.8 Å². The molecule has 1 aromatic heterocycles. The molecule has 3 rings (SSSR count). The van der Waals surface area contributed by atoms with Crippen LogP contribution in [0.25, 0.3) is 0 Å². The van der Waals surface area contributed by atoms with Crippen LogP contribution < -0.4 is 5.69 Å². The maximum Gasteiger partial charge on any atom is 0.416 e. The molecule has 0 aliphatic heterocycles. The summed E-state index contributed by atoms with van der Waals surface area (Å²) in [5, 5.41) is 0.487. The predicted molar refractivity (Wildman–Crippen MR) is 86.1 cm³/mol. The SMILES string of the molecule is O=c1nc(Cc2ccc(C(F)(F)F)cc2)sn1Cc1cccc(F)c1. The van der Waals surface area contributed by atoms with Crippen molar-refractivity contribution in [2.45, 2.75) is 19.1 Å². The Kier molecular flexibility index (Phi) is 4.71. The molecule has 0 atom stereocenters. The first-order valence-corrected chi connectivity index (χ1v) is 8.06. The van der Waals surface area contributed by atoms with Gasteiger partial charge in [-0.1, -0.05) is 24.3 Å². The van der Waals surface area contributed by atoms with Crippen LogP contribution in [0.2, 0.25) is 0 Å². The van der Waals surface area contributed by atoms with Crippen molar-refractivity contribution in [3.63, 3.8) is 0 Å². The van der Waals surface area contributed by atoms with E-state index in [9.17, 15) is 22.4 Å². The maximum absolute atomic E-state index is 13.2. The molecule has 0 aliphatic carbocycles. The number of alkyl halides is 3. The molecule has 1 heterocycles. The highest BCUT2D eigenvalue weighted by atomic mass is 32.1. The molecule has 0 fully saturated rings. The van der Waals surface area contributed by atoms with Gasteiger partial charge < -0.3 is 0 Å². The number of hydrogen-bond acceptors (Lipinski definition) is 3. The molecule has 0 spiro atoms. The fraction of sp³-hybridized carbons (Fsp3) is 0.176. The van der Waals surface area contributed by atoms with Crippen LogP contribution in [-0.4, -0.2) is 8.94 Å². The van der Waals surface area contributed by atoms with Gasteiger partial charge in [0, 0.05) is 6.42 Å². The average molecular weight is 368 g/mol. The minimum atomic E-state index is -4.38. The lowest BCUT2D eigenvalue weighted by atomic mass is 10.1. The largest absolute Gasteiger partial charge is 0.416 e. The van der Waals surface area contributed by atoms with E-state index >= 15 is 0 Å². The lowest BCUT2D eigenvalue weighted by molar-refractivity contribution is -0.137. The number of benzene rings is 2. The summed E-state index contributed by atoms with van der Waals surface area (Å²) < 4.78 is 52.3. The third kappa shape index (κ3) is 4.33. The number of aromatic nitrogens is 2. The van der Waals surface area contributed by atoms with E-state index in [4.69, 9.17) is 0 Å². The monoisotopic (exact) mass is 368 g/mol. The Labute approximate surface area is 144 Å². The Morgan fingerprint density at radius 2 is 1.76 bits per heavy atom. The second kappa shape index (κ2) is 6.79. The fourth-order valence-electron chi connectivity index (χ4n) is 2.31. The van der Waals surface area contributed by atoms with Crippen LogP contribution in [0.4, 0.5) is 17.6 Å². The summed E-state index contributed by atoms with van der Waals surface area (Å²) in [5.41, 5.74) is 0.0729. The van der Waals surface area contributed by atoms with E-state index in [1.807, 2.05) is 0 Å². The zero-order valence-electron chi connectivity index (χ0n) is 12.8. The molecule has 2 aromatic carbocycles. The third-order valence-electron chi connectivity index (χ3n) is 3.50. The molecule has 0 saturated carbocycles. The second-order valence-corrected chi connectivity index (χ2v) is 6.51. The van der Waals surface area contributed by atoms with Gasteiger partial charge in [0.15, 0.2) is 0 Å². The summed E-state index contributed by atoms with van der Waals surface area (Å²) in [4.78, 5) is 15.8. The zero-order valence-corrected chi connectivity index (χ0v) is 13.6. The molecule has 3 aromatic rings. The Balaban J connectivity index is 1.75. The first kappa shape index (κ1) is 17.3. The Morgan fingerprint density at radius 3 is 2.40 bits per heavy atom. The highest BCUT2D eigenvalue weighted by molar-refractivity contribution is 7.06. The van der Waals surface area contributed by atoms with Crippen LogP contribution in [0.1, 0.15) is 21.7 Å². The van der Waals surface area contributed by atoms with Crippen molar-refractivity contribution in [1.29, 1.82) is 0 Å². The van der Waals surface area contributed by atoms with Gasteiger partial charge in [-0.3, -0.25) is 0 Å². The molecule has 0 N–H and O–H groups in total. The predicted octanol–water partition coefficient (Wildman–Crippen LogP) is 4.10. The van der Waals surface area contributed by atoms with Crippen LogP contribution in [0.3, 0.4) is 0 Å². The van der Waals surface area contributed by atoms with E-state index in [0.717, 1.165) is 23.7 Å². The molecule has 0 bridgehead atoms. The lowest BCUT2D eigenvalue weighted by Crippen LogP contribution is -2.15. The van der Waals surface area contributed by atoms with Crippen LogP contribution in [0.15, 0.2) is 53.3 Å². The maximum atomic E-state index is 13.2. The van der Waals surface area contributed by atoms with Crippen LogP contribution in [0, 0.1) is 5.82 Å². The highest BCUT2D eigenvalue weighted by Gasteiger charge is 2.29. The Bertz CT molecular complexity index is 929. The Morgan fingerprint density at radius 1 is 1.04 bits per heavy atom. The van der Waals surface area contributed by atoms with Crippen molar-refractivity contribution in [3.8, 4) is 0 Å². The minimum Gasteiger partial charge on any atom is -0.245 e. The van der Waals surface area contributed by atoms with E-state index in [1.165, 1.54) is 28.2 Å². The summed E-state index contributed by atoms with van der Waals surface area (Å²) in [6, 6.07) is 10.6.